The molecule has 5 heteroatoms. The highest BCUT2D eigenvalue weighted by molar-refractivity contribution is 14.1. The van der Waals surface area contributed by atoms with Crippen LogP contribution in [0.1, 0.15) is 22.9 Å². The molecule has 0 fully saturated rings. The minimum atomic E-state index is -0.790. The van der Waals surface area contributed by atoms with Crippen LogP contribution in [0.2, 0.25) is 0 Å². The summed E-state index contributed by atoms with van der Waals surface area (Å²) < 4.78 is 1.53. The number of benzene rings is 1. The van der Waals surface area contributed by atoms with Gasteiger partial charge in [-0.25, -0.2) is 4.98 Å². The van der Waals surface area contributed by atoms with Gasteiger partial charge in [-0.1, -0.05) is 12.1 Å². The molecule has 0 aliphatic carbocycles. The molecule has 0 radical (unpaired) electrons. The first kappa shape index (κ1) is 13.5. The maximum absolute atomic E-state index is 10.3. The number of nitriles is 1. The van der Waals surface area contributed by atoms with Gasteiger partial charge in [0.2, 0.25) is 0 Å². The van der Waals surface area contributed by atoms with Crippen LogP contribution < -0.4 is 0 Å². The largest absolute Gasteiger partial charge is 0.382 e. The number of halogens is 2. The van der Waals surface area contributed by atoms with Gasteiger partial charge in [0.05, 0.1) is 17.3 Å². The van der Waals surface area contributed by atoms with E-state index in [4.69, 9.17) is 5.26 Å². The lowest BCUT2D eigenvalue weighted by Gasteiger charge is -2.12. The minimum absolute atomic E-state index is 0.576. The zero-order chi connectivity index (χ0) is 13.1. The predicted molar refractivity (Wildman–Crippen MR) is 79.9 cm³/mol. The van der Waals surface area contributed by atoms with Crippen LogP contribution in [-0.4, -0.2) is 10.1 Å². The lowest BCUT2D eigenvalue weighted by Crippen LogP contribution is -2.04. The summed E-state index contributed by atoms with van der Waals surface area (Å²) in [4.78, 5) is 4.23. The molecule has 2 rings (SSSR count). The maximum Gasteiger partial charge on any atom is 0.122 e. The topological polar surface area (TPSA) is 56.9 Å². The molecule has 0 saturated heterocycles. The number of nitrogens with zero attached hydrogens (tertiary/aromatic N) is 2. The third-order valence-corrected chi connectivity index (χ3v) is 3.82. The Morgan fingerprint density at radius 3 is 2.72 bits per heavy atom. The van der Waals surface area contributed by atoms with Gasteiger partial charge in [0.25, 0.3) is 0 Å². The van der Waals surface area contributed by atoms with Crippen molar-refractivity contribution in [1.82, 2.24) is 4.98 Å². The first-order valence-corrected chi connectivity index (χ1v) is 6.99. The van der Waals surface area contributed by atoms with E-state index in [0.717, 1.165) is 9.13 Å². The molecular formula is C13H8BrIN2O. The molecule has 0 amide bonds. The number of aliphatic hydroxyl groups is 1. The van der Waals surface area contributed by atoms with Gasteiger partial charge >= 0.3 is 0 Å². The molecule has 18 heavy (non-hydrogen) atoms. The van der Waals surface area contributed by atoms with Crippen molar-refractivity contribution in [1.29, 1.82) is 5.26 Å². The summed E-state index contributed by atoms with van der Waals surface area (Å²) in [5.41, 5.74) is 1.91. The summed E-state index contributed by atoms with van der Waals surface area (Å²) >= 11 is 5.39. The van der Waals surface area contributed by atoms with Crippen LogP contribution in [0.15, 0.2) is 41.0 Å². The molecule has 0 saturated carbocycles. The highest BCUT2D eigenvalue weighted by atomic mass is 127. The van der Waals surface area contributed by atoms with Gasteiger partial charge in [0.1, 0.15) is 10.7 Å². The number of aliphatic hydroxyl groups excluding tert-OH is 1. The van der Waals surface area contributed by atoms with E-state index in [1.807, 2.05) is 6.07 Å². The second-order valence-electron chi connectivity index (χ2n) is 3.64. The molecule has 1 aromatic carbocycles. The van der Waals surface area contributed by atoms with E-state index in [9.17, 15) is 5.11 Å². The fourth-order valence-corrected chi connectivity index (χ4v) is 2.72. The molecule has 1 aromatic heterocycles. The molecule has 0 spiro atoms. The van der Waals surface area contributed by atoms with Gasteiger partial charge in [-0.15, -0.1) is 0 Å². The van der Waals surface area contributed by atoms with Gasteiger partial charge in [0.15, 0.2) is 0 Å². The molecular weight excluding hydrogens is 407 g/mol. The Balaban J connectivity index is 2.40. The van der Waals surface area contributed by atoms with Gasteiger partial charge in [-0.05, 0) is 68.3 Å². The van der Waals surface area contributed by atoms with Crippen LogP contribution in [0.5, 0.6) is 0 Å². The fraction of sp³-hybridized carbons (Fsp3) is 0.0769. The molecule has 3 nitrogen and oxygen atoms in total. The Labute approximate surface area is 127 Å². The molecule has 2 aromatic rings. The third kappa shape index (κ3) is 2.88. The normalized spacial score (nSPS) is 11.9. The van der Waals surface area contributed by atoms with Gasteiger partial charge < -0.3 is 5.11 Å². The smallest absolute Gasteiger partial charge is 0.122 e. The number of hydrogen-bond acceptors (Lipinski definition) is 3. The van der Waals surface area contributed by atoms with Crippen molar-refractivity contribution in [3.8, 4) is 6.07 Å². The molecule has 1 N–H and O–H groups in total. The predicted octanol–water partition coefficient (Wildman–Crippen LogP) is 3.40. The van der Waals surface area contributed by atoms with Gasteiger partial charge in [-0.3, -0.25) is 0 Å². The first-order valence-electron chi connectivity index (χ1n) is 5.12. The standard InChI is InChI=1S/C13H8BrIN2O/c14-12-3-1-2-11(17-12)13(18)9-5-4-8(7-16)6-10(9)15/h1-6,13,18H. The summed E-state index contributed by atoms with van der Waals surface area (Å²) in [5, 5.41) is 19.1. The molecule has 0 bridgehead atoms. The minimum Gasteiger partial charge on any atom is -0.382 e. The van der Waals surface area contributed by atoms with Crippen molar-refractivity contribution < 1.29 is 5.11 Å². The lowest BCUT2D eigenvalue weighted by atomic mass is 10.0. The molecule has 1 atom stereocenters. The van der Waals surface area contributed by atoms with Gasteiger partial charge in [0, 0.05) is 3.57 Å². The van der Waals surface area contributed by atoms with E-state index in [1.165, 1.54) is 0 Å². The van der Waals surface area contributed by atoms with Crippen molar-refractivity contribution in [3.05, 3.63) is 61.4 Å². The van der Waals surface area contributed by atoms with Gasteiger partial charge in [-0.2, -0.15) is 5.26 Å². The number of hydrogen-bond donors (Lipinski definition) is 1. The van der Waals surface area contributed by atoms with Crippen LogP contribution in [0.25, 0.3) is 0 Å². The Morgan fingerprint density at radius 2 is 2.11 bits per heavy atom. The van der Waals surface area contributed by atoms with Crippen LogP contribution in [0, 0.1) is 14.9 Å². The Morgan fingerprint density at radius 1 is 1.33 bits per heavy atom. The van der Waals surface area contributed by atoms with E-state index in [2.05, 4.69) is 49.6 Å². The summed E-state index contributed by atoms with van der Waals surface area (Å²) in [7, 11) is 0. The highest BCUT2D eigenvalue weighted by Crippen LogP contribution is 2.26. The summed E-state index contributed by atoms with van der Waals surface area (Å²) in [5.74, 6) is 0. The zero-order valence-corrected chi connectivity index (χ0v) is 12.9. The van der Waals surface area contributed by atoms with E-state index in [-0.39, 0.29) is 0 Å². The van der Waals surface area contributed by atoms with Crippen LogP contribution in [0.3, 0.4) is 0 Å². The number of pyridine rings is 1. The summed E-state index contributed by atoms with van der Waals surface area (Å²) in [6.07, 6.45) is -0.790. The maximum atomic E-state index is 10.3. The Hall–Kier alpha value is -0.970. The van der Waals surface area contributed by atoms with E-state index >= 15 is 0 Å². The zero-order valence-electron chi connectivity index (χ0n) is 9.14. The molecule has 90 valence electrons. The van der Waals surface area contributed by atoms with Crippen molar-refractivity contribution in [2.24, 2.45) is 0 Å². The number of rotatable bonds is 2. The number of aromatic nitrogens is 1. The van der Waals surface area contributed by atoms with Crippen molar-refractivity contribution in [2.75, 3.05) is 0 Å². The van der Waals surface area contributed by atoms with Crippen LogP contribution >= 0.6 is 38.5 Å². The fourth-order valence-electron chi connectivity index (χ4n) is 1.55. The van der Waals surface area contributed by atoms with Crippen molar-refractivity contribution in [3.63, 3.8) is 0 Å². The monoisotopic (exact) mass is 414 g/mol. The van der Waals surface area contributed by atoms with Crippen molar-refractivity contribution in [2.45, 2.75) is 6.10 Å². The van der Waals surface area contributed by atoms with E-state index in [0.29, 0.717) is 15.9 Å². The lowest BCUT2D eigenvalue weighted by molar-refractivity contribution is 0.214. The first-order chi connectivity index (χ1) is 8.61. The highest BCUT2D eigenvalue weighted by Gasteiger charge is 2.15. The average Bonchev–Trinajstić information content (AvgIpc) is 2.37. The average molecular weight is 415 g/mol. The second kappa shape index (κ2) is 5.78. The molecule has 0 aliphatic heterocycles. The van der Waals surface area contributed by atoms with E-state index < -0.39 is 6.10 Å². The molecule has 1 unspecified atom stereocenters. The van der Waals surface area contributed by atoms with Crippen LogP contribution in [0.4, 0.5) is 0 Å². The summed E-state index contributed by atoms with van der Waals surface area (Å²) in [6.45, 7) is 0. The Bertz CT molecular complexity index is 625. The SMILES string of the molecule is N#Cc1ccc(C(O)c2cccc(Br)n2)c(I)c1. The molecule has 1 heterocycles. The quantitative estimate of drug-likeness (QED) is 0.605. The Kier molecular flexibility index (Phi) is 4.32. The van der Waals surface area contributed by atoms with Crippen LogP contribution in [-0.2, 0) is 0 Å². The van der Waals surface area contributed by atoms with E-state index in [1.54, 1.807) is 30.3 Å². The summed E-state index contributed by atoms with van der Waals surface area (Å²) in [6, 6.07) is 12.7. The third-order valence-electron chi connectivity index (χ3n) is 2.44. The second-order valence-corrected chi connectivity index (χ2v) is 5.61. The van der Waals surface area contributed by atoms with Crippen molar-refractivity contribution >= 4 is 38.5 Å². The molecule has 0 aliphatic rings.